The maximum atomic E-state index is 12.6. The summed E-state index contributed by atoms with van der Waals surface area (Å²) in [7, 11) is 0. The minimum Gasteiger partial charge on any atom is -0.365 e. The molecule has 1 aliphatic rings. The summed E-state index contributed by atoms with van der Waals surface area (Å²) in [5, 5.41) is 8.58. The van der Waals surface area contributed by atoms with Crippen LogP contribution in [0.1, 0.15) is 11.3 Å². The Kier molecular flexibility index (Phi) is 5.71. The largest absolute Gasteiger partial charge is 0.411 e. The molecule has 0 N–H and O–H groups in total. The first kappa shape index (κ1) is 21.3. The van der Waals surface area contributed by atoms with Crippen LogP contribution in [0.25, 0.3) is 11.3 Å². The van der Waals surface area contributed by atoms with Crippen LogP contribution in [0.15, 0.2) is 39.9 Å². The normalized spacial score (nSPS) is 14.7. The van der Waals surface area contributed by atoms with Crippen LogP contribution in [0.3, 0.4) is 0 Å². The van der Waals surface area contributed by atoms with Crippen molar-refractivity contribution in [2.75, 3.05) is 24.6 Å². The van der Waals surface area contributed by atoms with Crippen LogP contribution in [-0.2, 0) is 11.3 Å². The molecule has 0 aliphatic carbocycles. The van der Waals surface area contributed by atoms with E-state index in [0.29, 0.717) is 33.4 Å². The average molecular weight is 456 g/mol. The molecule has 8 nitrogen and oxygen atoms in total. The van der Waals surface area contributed by atoms with Gasteiger partial charge in [0.25, 0.3) is 5.56 Å². The lowest BCUT2D eigenvalue weighted by Gasteiger charge is -2.40. The standard InChI is InChI=1S/C19H17ClF3N5O3/c1-11-15(18(26-31-11)12-2-3-16(20)24-5-12)9-28-17(29)4-13(6-25-28)27-7-14(8-27)30-10-19(21,22)23/h2-6,14H,7-10H2,1H3. The number of pyridine rings is 1. The molecule has 164 valence electrons. The molecule has 0 bridgehead atoms. The minimum atomic E-state index is -4.36. The number of alkyl halides is 3. The molecule has 1 aliphatic heterocycles. The molecule has 0 spiro atoms. The van der Waals surface area contributed by atoms with E-state index in [1.165, 1.54) is 16.9 Å². The van der Waals surface area contributed by atoms with Crippen molar-refractivity contribution in [2.24, 2.45) is 0 Å². The quantitative estimate of drug-likeness (QED) is 0.528. The molecule has 0 radical (unpaired) electrons. The number of rotatable bonds is 6. The Morgan fingerprint density at radius 1 is 1.29 bits per heavy atom. The smallest absolute Gasteiger partial charge is 0.365 e. The van der Waals surface area contributed by atoms with Gasteiger partial charge < -0.3 is 14.2 Å². The zero-order valence-corrected chi connectivity index (χ0v) is 17.0. The lowest BCUT2D eigenvalue weighted by Crippen LogP contribution is -2.53. The Hall–Kier alpha value is -2.92. The van der Waals surface area contributed by atoms with Crippen molar-refractivity contribution < 1.29 is 22.4 Å². The van der Waals surface area contributed by atoms with Gasteiger partial charge in [-0.25, -0.2) is 9.67 Å². The van der Waals surface area contributed by atoms with Gasteiger partial charge in [-0.15, -0.1) is 0 Å². The topological polar surface area (TPSA) is 86.3 Å². The van der Waals surface area contributed by atoms with Crippen LogP contribution in [0, 0.1) is 6.92 Å². The van der Waals surface area contributed by atoms with Gasteiger partial charge in [-0.1, -0.05) is 16.8 Å². The molecule has 0 unspecified atom stereocenters. The van der Waals surface area contributed by atoms with Gasteiger partial charge >= 0.3 is 6.18 Å². The van der Waals surface area contributed by atoms with Crippen molar-refractivity contribution in [1.82, 2.24) is 19.9 Å². The molecule has 1 fully saturated rings. The summed E-state index contributed by atoms with van der Waals surface area (Å²) < 4.78 is 48.0. The summed E-state index contributed by atoms with van der Waals surface area (Å²) in [6.07, 6.45) is -1.83. The fraction of sp³-hybridized carbons (Fsp3) is 0.368. The molecule has 31 heavy (non-hydrogen) atoms. The second-order valence-corrected chi connectivity index (χ2v) is 7.49. The van der Waals surface area contributed by atoms with E-state index in [1.807, 2.05) is 0 Å². The second-order valence-electron chi connectivity index (χ2n) is 7.10. The van der Waals surface area contributed by atoms with Crippen molar-refractivity contribution in [1.29, 1.82) is 0 Å². The summed E-state index contributed by atoms with van der Waals surface area (Å²) in [5.74, 6) is 0.537. The number of nitrogens with zero attached hydrogens (tertiary/aromatic N) is 5. The second kappa shape index (κ2) is 8.31. The Bertz CT molecular complexity index is 1120. The van der Waals surface area contributed by atoms with Crippen LogP contribution in [0.5, 0.6) is 0 Å². The summed E-state index contributed by atoms with van der Waals surface area (Å²) in [6, 6.07) is 4.76. The lowest BCUT2D eigenvalue weighted by molar-refractivity contribution is -0.187. The average Bonchev–Trinajstić information content (AvgIpc) is 3.03. The minimum absolute atomic E-state index is 0.129. The SMILES string of the molecule is Cc1onc(-c2ccc(Cl)nc2)c1Cn1ncc(N2CC(OCC(F)(F)F)C2)cc1=O. The lowest BCUT2D eigenvalue weighted by atomic mass is 10.1. The highest BCUT2D eigenvalue weighted by molar-refractivity contribution is 6.29. The summed E-state index contributed by atoms with van der Waals surface area (Å²) in [5.41, 5.74) is 2.06. The van der Waals surface area contributed by atoms with Crippen molar-refractivity contribution in [3.05, 3.63) is 57.4 Å². The van der Waals surface area contributed by atoms with Gasteiger partial charge in [0.05, 0.1) is 24.5 Å². The van der Waals surface area contributed by atoms with Gasteiger partial charge in [-0.3, -0.25) is 4.79 Å². The van der Waals surface area contributed by atoms with Crippen molar-refractivity contribution in [3.8, 4) is 11.3 Å². The highest BCUT2D eigenvalue weighted by atomic mass is 35.5. The molecule has 4 rings (SSSR count). The molecule has 0 aromatic carbocycles. The Balaban J connectivity index is 1.45. The summed E-state index contributed by atoms with van der Waals surface area (Å²) in [4.78, 5) is 18.3. The molecule has 0 atom stereocenters. The third-order valence-corrected chi connectivity index (χ3v) is 5.07. The maximum absolute atomic E-state index is 12.6. The van der Waals surface area contributed by atoms with Crippen LogP contribution >= 0.6 is 11.6 Å². The van der Waals surface area contributed by atoms with E-state index in [4.69, 9.17) is 20.9 Å². The molecule has 3 aromatic rings. The van der Waals surface area contributed by atoms with Gasteiger partial charge in [0.15, 0.2) is 0 Å². The molecule has 12 heteroatoms. The number of hydrogen-bond acceptors (Lipinski definition) is 7. The highest BCUT2D eigenvalue weighted by Crippen LogP contribution is 2.26. The van der Waals surface area contributed by atoms with Gasteiger partial charge in [0.2, 0.25) is 0 Å². The van der Waals surface area contributed by atoms with E-state index in [-0.39, 0.29) is 25.2 Å². The fourth-order valence-corrected chi connectivity index (χ4v) is 3.26. The third-order valence-electron chi connectivity index (χ3n) is 4.84. The molecule has 4 heterocycles. The number of ether oxygens (including phenoxy) is 1. The number of anilines is 1. The van der Waals surface area contributed by atoms with Crippen molar-refractivity contribution in [3.63, 3.8) is 0 Å². The van der Waals surface area contributed by atoms with Crippen LogP contribution in [0.4, 0.5) is 18.9 Å². The highest BCUT2D eigenvalue weighted by Gasteiger charge is 2.34. The zero-order valence-electron chi connectivity index (χ0n) is 16.3. The molecule has 0 amide bonds. The van der Waals surface area contributed by atoms with Crippen LogP contribution in [-0.4, -0.2) is 51.9 Å². The fourth-order valence-electron chi connectivity index (χ4n) is 3.15. The Labute approximate surface area is 179 Å². The van der Waals surface area contributed by atoms with E-state index in [2.05, 4.69) is 15.2 Å². The third kappa shape index (κ3) is 4.88. The summed E-state index contributed by atoms with van der Waals surface area (Å²) in [6.45, 7) is 1.10. The molecule has 0 saturated carbocycles. The van der Waals surface area contributed by atoms with Crippen LogP contribution < -0.4 is 10.5 Å². The monoisotopic (exact) mass is 455 g/mol. The number of hydrogen-bond donors (Lipinski definition) is 0. The maximum Gasteiger partial charge on any atom is 0.411 e. The van der Waals surface area contributed by atoms with Gasteiger partial charge in [0.1, 0.15) is 23.2 Å². The Morgan fingerprint density at radius 2 is 2.06 bits per heavy atom. The van der Waals surface area contributed by atoms with Gasteiger partial charge in [-0.2, -0.15) is 18.3 Å². The predicted octanol–water partition coefficient (Wildman–Crippen LogP) is 3.07. The number of aryl methyl sites for hydroxylation is 1. The molecule has 3 aromatic heterocycles. The number of halogens is 4. The van der Waals surface area contributed by atoms with E-state index < -0.39 is 18.9 Å². The number of aromatic nitrogens is 4. The van der Waals surface area contributed by atoms with E-state index in [1.54, 1.807) is 30.2 Å². The Morgan fingerprint density at radius 3 is 2.71 bits per heavy atom. The first-order valence-corrected chi connectivity index (χ1v) is 9.65. The van der Waals surface area contributed by atoms with E-state index in [0.717, 1.165) is 0 Å². The van der Waals surface area contributed by atoms with Gasteiger partial charge in [-0.05, 0) is 19.1 Å². The van der Waals surface area contributed by atoms with E-state index in [9.17, 15) is 18.0 Å². The first-order chi connectivity index (χ1) is 14.7. The van der Waals surface area contributed by atoms with E-state index >= 15 is 0 Å². The van der Waals surface area contributed by atoms with Crippen molar-refractivity contribution in [2.45, 2.75) is 25.7 Å². The molecule has 1 saturated heterocycles. The van der Waals surface area contributed by atoms with Gasteiger partial charge in [0, 0.05) is 36.5 Å². The molecular formula is C19H17ClF3N5O3. The van der Waals surface area contributed by atoms with Crippen molar-refractivity contribution >= 4 is 17.3 Å². The summed E-state index contributed by atoms with van der Waals surface area (Å²) >= 11 is 5.83. The molecular weight excluding hydrogens is 439 g/mol. The first-order valence-electron chi connectivity index (χ1n) is 9.27. The predicted molar refractivity (Wildman–Crippen MR) is 105 cm³/mol. The zero-order chi connectivity index (χ0) is 22.2. The van der Waals surface area contributed by atoms with Crippen LogP contribution in [0.2, 0.25) is 5.15 Å².